The van der Waals surface area contributed by atoms with Gasteiger partial charge in [-0.15, -0.1) is 0 Å². The summed E-state index contributed by atoms with van der Waals surface area (Å²) in [6, 6.07) is 20.7. The van der Waals surface area contributed by atoms with Gasteiger partial charge in [-0.05, 0) is 61.4 Å². The Balaban J connectivity index is 1.62. The molecule has 0 heterocycles. The monoisotopic (exact) mass is 504 g/mol. The molecular weight excluding hydrogens is 476 g/mol. The van der Waals surface area contributed by atoms with Crippen LogP contribution in [-0.2, 0) is 9.59 Å². The SMILES string of the molecule is C=C(C)C(=O)Nc1cccc(C(=O)/C=C/c2ccc(/C=C/C(=O)c3cccc(NC(=O)C(=C)C)c3)cc2)c1. The number of rotatable bonds is 10. The summed E-state index contributed by atoms with van der Waals surface area (Å²) < 4.78 is 0. The summed E-state index contributed by atoms with van der Waals surface area (Å²) in [4.78, 5) is 48.8. The van der Waals surface area contributed by atoms with E-state index in [-0.39, 0.29) is 23.4 Å². The number of anilines is 2. The van der Waals surface area contributed by atoms with Crippen molar-refractivity contribution in [3.8, 4) is 0 Å². The molecule has 6 heteroatoms. The molecule has 0 radical (unpaired) electrons. The molecule has 0 atom stereocenters. The maximum atomic E-state index is 12.6. The third kappa shape index (κ3) is 7.96. The Morgan fingerprint density at radius 1 is 0.605 bits per heavy atom. The van der Waals surface area contributed by atoms with E-state index in [1.165, 1.54) is 12.2 Å². The van der Waals surface area contributed by atoms with Crippen molar-refractivity contribution < 1.29 is 19.2 Å². The van der Waals surface area contributed by atoms with E-state index in [1.54, 1.807) is 74.5 Å². The molecule has 0 fully saturated rings. The fourth-order valence-electron chi connectivity index (χ4n) is 3.23. The summed E-state index contributed by atoms with van der Waals surface area (Å²) in [5.74, 6) is -1.01. The smallest absolute Gasteiger partial charge is 0.250 e. The first-order valence-corrected chi connectivity index (χ1v) is 11.8. The summed E-state index contributed by atoms with van der Waals surface area (Å²) in [7, 11) is 0. The summed E-state index contributed by atoms with van der Waals surface area (Å²) in [6.45, 7) is 10.4. The summed E-state index contributed by atoms with van der Waals surface area (Å²) in [5, 5.41) is 5.39. The summed E-state index contributed by atoms with van der Waals surface area (Å²) >= 11 is 0. The molecule has 0 aliphatic heterocycles. The first-order valence-electron chi connectivity index (χ1n) is 11.8. The van der Waals surface area contributed by atoms with Gasteiger partial charge in [-0.1, -0.05) is 73.8 Å². The third-order valence-electron chi connectivity index (χ3n) is 5.38. The van der Waals surface area contributed by atoms with Crippen LogP contribution in [0.1, 0.15) is 45.7 Å². The standard InChI is InChI=1S/C32H28N2O4/c1-21(2)31(37)33-27-9-5-7-25(19-27)29(35)17-15-23-11-13-24(14-12-23)16-18-30(36)26-8-6-10-28(20-26)34-32(38)22(3)4/h5-20H,1,3H2,2,4H3,(H,33,37)(H,34,38)/b17-15+,18-16+. The molecule has 38 heavy (non-hydrogen) atoms. The molecule has 0 aliphatic rings. The van der Waals surface area contributed by atoms with E-state index >= 15 is 0 Å². The average molecular weight is 505 g/mol. The highest BCUT2D eigenvalue weighted by Crippen LogP contribution is 2.16. The van der Waals surface area contributed by atoms with E-state index in [9.17, 15) is 19.2 Å². The lowest BCUT2D eigenvalue weighted by Crippen LogP contribution is -2.12. The predicted octanol–water partition coefficient (Wildman–Crippen LogP) is 6.51. The number of hydrogen-bond donors (Lipinski definition) is 2. The minimum Gasteiger partial charge on any atom is -0.322 e. The van der Waals surface area contributed by atoms with Gasteiger partial charge in [0.05, 0.1) is 0 Å². The minimum atomic E-state index is -0.304. The van der Waals surface area contributed by atoms with E-state index in [0.717, 1.165) is 11.1 Å². The van der Waals surface area contributed by atoms with Crippen LogP contribution in [0, 0.1) is 0 Å². The van der Waals surface area contributed by atoms with Crippen LogP contribution < -0.4 is 10.6 Å². The molecule has 0 bridgehead atoms. The Kier molecular flexibility index (Phi) is 9.21. The zero-order valence-electron chi connectivity index (χ0n) is 21.3. The van der Waals surface area contributed by atoms with Gasteiger partial charge in [-0.25, -0.2) is 0 Å². The van der Waals surface area contributed by atoms with E-state index in [1.807, 2.05) is 24.3 Å². The number of benzene rings is 3. The molecule has 2 N–H and O–H groups in total. The third-order valence-corrected chi connectivity index (χ3v) is 5.38. The predicted molar refractivity (Wildman–Crippen MR) is 153 cm³/mol. The lowest BCUT2D eigenvalue weighted by atomic mass is 10.1. The second-order valence-electron chi connectivity index (χ2n) is 8.69. The van der Waals surface area contributed by atoms with Crippen molar-refractivity contribution in [1.82, 2.24) is 0 Å². The molecule has 3 aromatic rings. The molecule has 0 unspecified atom stereocenters. The quantitative estimate of drug-likeness (QED) is 0.243. The van der Waals surface area contributed by atoms with Gasteiger partial charge in [-0.3, -0.25) is 19.2 Å². The Bertz CT molecular complexity index is 1360. The highest BCUT2D eigenvalue weighted by molar-refractivity contribution is 6.09. The molecule has 3 rings (SSSR count). The zero-order valence-corrected chi connectivity index (χ0v) is 21.3. The van der Waals surface area contributed by atoms with Crippen LogP contribution in [0.3, 0.4) is 0 Å². The van der Waals surface area contributed by atoms with E-state index in [0.29, 0.717) is 33.6 Å². The van der Waals surface area contributed by atoms with Gasteiger partial charge < -0.3 is 10.6 Å². The Labute approximate surface area is 222 Å². The van der Waals surface area contributed by atoms with Crippen molar-refractivity contribution in [3.05, 3.63) is 132 Å². The largest absolute Gasteiger partial charge is 0.322 e. The van der Waals surface area contributed by atoms with Crippen molar-refractivity contribution in [2.45, 2.75) is 13.8 Å². The van der Waals surface area contributed by atoms with Crippen molar-refractivity contribution in [2.24, 2.45) is 0 Å². The Hall–Kier alpha value is -5.10. The molecule has 2 amide bonds. The van der Waals surface area contributed by atoms with Crippen LogP contribution in [0.5, 0.6) is 0 Å². The van der Waals surface area contributed by atoms with Crippen LogP contribution >= 0.6 is 0 Å². The number of allylic oxidation sites excluding steroid dienone is 2. The molecule has 3 aromatic carbocycles. The lowest BCUT2D eigenvalue weighted by molar-refractivity contribution is -0.113. The van der Waals surface area contributed by atoms with Crippen LogP contribution in [0.2, 0.25) is 0 Å². The highest BCUT2D eigenvalue weighted by Gasteiger charge is 2.08. The molecule has 0 saturated carbocycles. The van der Waals surface area contributed by atoms with E-state index < -0.39 is 0 Å². The fourth-order valence-corrected chi connectivity index (χ4v) is 3.23. The van der Waals surface area contributed by atoms with Gasteiger partial charge in [0, 0.05) is 33.6 Å². The van der Waals surface area contributed by atoms with Crippen molar-refractivity contribution >= 4 is 46.9 Å². The molecule has 0 spiro atoms. The van der Waals surface area contributed by atoms with Gasteiger partial charge in [-0.2, -0.15) is 0 Å². The number of carbonyl (C=O) groups excluding carboxylic acids is 4. The van der Waals surface area contributed by atoms with Crippen LogP contribution in [-0.4, -0.2) is 23.4 Å². The molecule has 0 aliphatic carbocycles. The molecule has 0 aromatic heterocycles. The van der Waals surface area contributed by atoms with Gasteiger partial charge in [0.2, 0.25) is 0 Å². The van der Waals surface area contributed by atoms with Crippen LogP contribution in [0.4, 0.5) is 11.4 Å². The number of nitrogens with one attached hydrogen (secondary N) is 2. The fraction of sp³-hybridized carbons (Fsp3) is 0.0625. The minimum absolute atomic E-state index is 0.201. The second-order valence-corrected chi connectivity index (χ2v) is 8.69. The van der Waals surface area contributed by atoms with Gasteiger partial charge in [0.25, 0.3) is 11.8 Å². The van der Waals surface area contributed by atoms with E-state index in [2.05, 4.69) is 23.8 Å². The number of carbonyl (C=O) groups is 4. The number of ketones is 2. The first-order chi connectivity index (χ1) is 18.1. The van der Waals surface area contributed by atoms with Crippen LogP contribution in [0.25, 0.3) is 12.2 Å². The topological polar surface area (TPSA) is 92.3 Å². The van der Waals surface area contributed by atoms with Gasteiger partial charge in [0.1, 0.15) is 0 Å². The number of amides is 2. The molecular formula is C32H28N2O4. The number of hydrogen-bond acceptors (Lipinski definition) is 4. The highest BCUT2D eigenvalue weighted by atomic mass is 16.2. The maximum Gasteiger partial charge on any atom is 0.250 e. The zero-order chi connectivity index (χ0) is 27.7. The van der Waals surface area contributed by atoms with E-state index in [4.69, 9.17) is 0 Å². The van der Waals surface area contributed by atoms with Gasteiger partial charge in [0.15, 0.2) is 11.6 Å². The van der Waals surface area contributed by atoms with Crippen LogP contribution in [0.15, 0.2) is 109 Å². The van der Waals surface area contributed by atoms with Gasteiger partial charge >= 0.3 is 0 Å². The van der Waals surface area contributed by atoms with Crippen molar-refractivity contribution in [3.63, 3.8) is 0 Å². The average Bonchev–Trinajstić information content (AvgIpc) is 2.91. The summed E-state index contributed by atoms with van der Waals surface area (Å²) in [6.07, 6.45) is 6.33. The second kappa shape index (κ2) is 12.7. The normalized spacial score (nSPS) is 10.8. The van der Waals surface area contributed by atoms with Crippen molar-refractivity contribution in [2.75, 3.05) is 10.6 Å². The molecule has 190 valence electrons. The Morgan fingerprint density at radius 2 is 0.974 bits per heavy atom. The molecule has 0 saturated heterocycles. The lowest BCUT2D eigenvalue weighted by Gasteiger charge is -2.06. The summed E-state index contributed by atoms with van der Waals surface area (Å²) in [5.41, 5.74) is 4.32. The van der Waals surface area contributed by atoms with Crippen molar-refractivity contribution in [1.29, 1.82) is 0 Å². The first kappa shape index (κ1) is 27.5. The maximum absolute atomic E-state index is 12.6. The Morgan fingerprint density at radius 3 is 1.32 bits per heavy atom. The molecule has 6 nitrogen and oxygen atoms in total.